The molecule has 0 aromatic carbocycles. The van der Waals surface area contributed by atoms with Crippen LogP contribution in [0.15, 0.2) is 22.3 Å². The van der Waals surface area contributed by atoms with Crippen LogP contribution in [0.3, 0.4) is 0 Å². The predicted octanol–water partition coefficient (Wildman–Crippen LogP) is -0.226. The van der Waals surface area contributed by atoms with Crippen LogP contribution in [0, 0.1) is 5.92 Å². The van der Waals surface area contributed by atoms with Gasteiger partial charge in [-0.3, -0.25) is 0 Å². The lowest BCUT2D eigenvalue weighted by Gasteiger charge is -2.17. The van der Waals surface area contributed by atoms with Gasteiger partial charge in [0.15, 0.2) is 5.11 Å². The molecule has 0 spiro atoms. The second kappa shape index (κ2) is 2.13. The number of aliphatic imine (C=N–C) groups is 2. The van der Waals surface area contributed by atoms with Gasteiger partial charge in [-0.1, -0.05) is 0 Å². The molecule has 0 saturated heterocycles. The average molecular weight is 166 g/mol. The van der Waals surface area contributed by atoms with E-state index in [4.69, 9.17) is 18.0 Å². The first-order valence-electron chi connectivity index (χ1n) is 3.17. The second-order valence-electron chi connectivity index (χ2n) is 2.30. The number of nitrogens with one attached hydrogen (secondary N) is 1. The zero-order valence-electron chi connectivity index (χ0n) is 5.61. The average Bonchev–Trinajstić information content (AvgIpc) is 2.34. The van der Waals surface area contributed by atoms with Crippen LogP contribution in [-0.4, -0.2) is 16.8 Å². The van der Waals surface area contributed by atoms with Crippen molar-refractivity contribution in [1.82, 2.24) is 5.32 Å². The summed E-state index contributed by atoms with van der Waals surface area (Å²) in [6.45, 7) is 0. The molecule has 3 N–H and O–H groups in total. The van der Waals surface area contributed by atoms with E-state index >= 15 is 0 Å². The molecule has 2 rings (SSSR count). The van der Waals surface area contributed by atoms with Gasteiger partial charge in [0.2, 0.25) is 0 Å². The Balaban J connectivity index is 2.41. The van der Waals surface area contributed by atoms with Gasteiger partial charge >= 0.3 is 0 Å². The smallest absolute Gasteiger partial charge is 0.199 e. The van der Waals surface area contributed by atoms with Crippen LogP contribution in [0.2, 0.25) is 0 Å². The third-order valence-electron chi connectivity index (χ3n) is 1.57. The maximum Gasteiger partial charge on any atom is 0.199 e. The Morgan fingerprint density at radius 3 is 3.27 bits per heavy atom. The molecule has 0 aromatic heterocycles. The monoisotopic (exact) mass is 166 g/mol. The lowest BCUT2D eigenvalue weighted by molar-refractivity contribution is 1.09. The summed E-state index contributed by atoms with van der Waals surface area (Å²) in [5, 5.41) is 3.25. The second-order valence-corrected chi connectivity index (χ2v) is 2.69. The molecule has 0 bridgehead atoms. The molecule has 2 heterocycles. The summed E-state index contributed by atoms with van der Waals surface area (Å²) >= 11 is 4.82. The molecule has 2 aliphatic heterocycles. The number of fused-ring (bicyclic) bond motifs is 1. The van der Waals surface area contributed by atoms with Crippen LogP contribution in [0.5, 0.6) is 0 Å². The Bertz CT molecular complexity index is 302. The van der Waals surface area contributed by atoms with Gasteiger partial charge in [0, 0.05) is 6.20 Å². The van der Waals surface area contributed by atoms with E-state index in [1.54, 1.807) is 6.20 Å². The Morgan fingerprint density at radius 2 is 2.45 bits per heavy atom. The number of rotatable bonds is 0. The maximum absolute atomic E-state index is 5.60. The van der Waals surface area contributed by atoms with Crippen molar-refractivity contribution in [2.24, 2.45) is 21.6 Å². The molecule has 5 heteroatoms. The first-order valence-corrected chi connectivity index (χ1v) is 3.57. The Hall–Kier alpha value is -1.23. The minimum atomic E-state index is 0.0155. The molecule has 0 aliphatic carbocycles. The van der Waals surface area contributed by atoms with Crippen molar-refractivity contribution in [3.8, 4) is 0 Å². The van der Waals surface area contributed by atoms with E-state index in [0.717, 1.165) is 5.84 Å². The SMILES string of the molecule is NC1=NC(=S)NC2=NC=C[C@@H]12. The molecule has 1 atom stereocenters. The van der Waals surface area contributed by atoms with Crippen LogP contribution >= 0.6 is 12.2 Å². The van der Waals surface area contributed by atoms with E-state index in [9.17, 15) is 0 Å². The van der Waals surface area contributed by atoms with Gasteiger partial charge in [0.25, 0.3) is 0 Å². The lowest BCUT2D eigenvalue weighted by atomic mass is 10.1. The maximum atomic E-state index is 5.60. The normalized spacial score (nSPS) is 27.3. The minimum absolute atomic E-state index is 0.0155. The van der Waals surface area contributed by atoms with Crippen LogP contribution < -0.4 is 11.1 Å². The van der Waals surface area contributed by atoms with Crippen molar-refractivity contribution in [3.63, 3.8) is 0 Å². The third kappa shape index (κ3) is 0.932. The number of thiocarbonyl (C=S) groups is 1. The first-order chi connectivity index (χ1) is 5.27. The highest BCUT2D eigenvalue weighted by Gasteiger charge is 2.25. The van der Waals surface area contributed by atoms with Gasteiger partial charge < -0.3 is 11.1 Å². The van der Waals surface area contributed by atoms with Gasteiger partial charge in [-0.05, 0) is 18.3 Å². The number of nitrogens with two attached hydrogens (primary N) is 1. The molecular weight excluding hydrogens is 160 g/mol. The van der Waals surface area contributed by atoms with E-state index < -0.39 is 0 Å². The number of hydrogen-bond acceptors (Lipinski definition) is 3. The minimum Gasteiger partial charge on any atom is -0.386 e. The van der Waals surface area contributed by atoms with Crippen molar-refractivity contribution < 1.29 is 0 Å². The van der Waals surface area contributed by atoms with Crippen molar-refractivity contribution >= 4 is 29.0 Å². The van der Waals surface area contributed by atoms with Gasteiger partial charge in [-0.25, -0.2) is 9.98 Å². The highest BCUT2D eigenvalue weighted by atomic mass is 32.1. The summed E-state index contributed by atoms with van der Waals surface area (Å²) in [5.74, 6) is 1.31. The fourth-order valence-corrected chi connectivity index (χ4v) is 1.26. The summed E-state index contributed by atoms with van der Waals surface area (Å²) in [4.78, 5) is 7.94. The molecule has 0 aromatic rings. The zero-order chi connectivity index (χ0) is 7.84. The van der Waals surface area contributed by atoms with Crippen LogP contribution in [0.25, 0.3) is 0 Å². The van der Waals surface area contributed by atoms with E-state index in [-0.39, 0.29) is 5.92 Å². The predicted molar refractivity (Wildman–Crippen MR) is 47.4 cm³/mol. The summed E-state index contributed by atoms with van der Waals surface area (Å²) in [5.41, 5.74) is 5.60. The van der Waals surface area contributed by atoms with Gasteiger partial charge in [-0.15, -0.1) is 0 Å². The summed E-state index contributed by atoms with van der Waals surface area (Å²) in [7, 11) is 0. The number of nitrogens with zero attached hydrogens (tertiary/aromatic N) is 2. The van der Waals surface area contributed by atoms with Crippen molar-refractivity contribution in [2.75, 3.05) is 0 Å². The number of hydrogen-bond donors (Lipinski definition) is 2. The molecular formula is C6H6N4S. The van der Waals surface area contributed by atoms with E-state index in [2.05, 4.69) is 15.3 Å². The molecule has 0 unspecified atom stereocenters. The topological polar surface area (TPSA) is 62.8 Å². The first kappa shape index (κ1) is 6.48. The molecule has 0 fully saturated rings. The van der Waals surface area contributed by atoms with Crippen LogP contribution in [0.1, 0.15) is 0 Å². The molecule has 56 valence electrons. The van der Waals surface area contributed by atoms with Crippen molar-refractivity contribution in [3.05, 3.63) is 12.3 Å². The summed E-state index contributed by atoms with van der Waals surface area (Å²) in [6, 6.07) is 0. The highest BCUT2D eigenvalue weighted by Crippen LogP contribution is 2.12. The van der Waals surface area contributed by atoms with Gasteiger partial charge in [0.05, 0.1) is 5.92 Å². The zero-order valence-corrected chi connectivity index (χ0v) is 6.43. The van der Waals surface area contributed by atoms with Crippen LogP contribution in [-0.2, 0) is 0 Å². The highest BCUT2D eigenvalue weighted by molar-refractivity contribution is 7.80. The molecule has 2 aliphatic rings. The molecule has 11 heavy (non-hydrogen) atoms. The Morgan fingerprint density at radius 1 is 1.64 bits per heavy atom. The lowest BCUT2D eigenvalue weighted by Crippen LogP contribution is -2.44. The third-order valence-corrected chi connectivity index (χ3v) is 1.76. The molecule has 0 amide bonds. The summed E-state index contributed by atoms with van der Waals surface area (Å²) in [6.07, 6.45) is 3.58. The largest absolute Gasteiger partial charge is 0.386 e. The quantitative estimate of drug-likeness (QED) is 0.489. The van der Waals surface area contributed by atoms with E-state index in [1.807, 2.05) is 6.08 Å². The van der Waals surface area contributed by atoms with Gasteiger partial charge in [0.1, 0.15) is 11.7 Å². The molecule has 0 radical (unpaired) electrons. The Kier molecular flexibility index (Phi) is 1.25. The van der Waals surface area contributed by atoms with E-state index in [1.165, 1.54) is 0 Å². The standard InChI is InChI=1S/C6H6N4S/c7-4-3-1-2-8-5(3)10-6(11)9-4/h1-3H,(H3,7,8,9,10,11)/t3-/m0/s1. The Labute approximate surface area is 68.9 Å². The van der Waals surface area contributed by atoms with Crippen LogP contribution in [0.4, 0.5) is 0 Å². The molecule has 0 saturated carbocycles. The van der Waals surface area contributed by atoms with E-state index in [0.29, 0.717) is 10.9 Å². The summed E-state index contributed by atoms with van der Waals surface area (Å²) < 4.78 is 0. The van der Waals surface area contributed by atoms with Crippen molar-refractivity contribution in [1.29, 1.82) is 0 Å². The molecule has 4 nitrogen and oxygen atoms in total. The number of amidine groups is 2. The van der Waals surface area contributed by atoms with Crippen molar-refractivity contribution in [2.45, 2.75) is 0 Å². The fraction of sp³-hybridized carbons (Fsp3) is 0.167. The van der Waals surface area contributed by atoms with Gasteiger partial charge in [-0.2, -0.15) is 0 Å². The fourth-order valence-electron chi connectivity index (χ4n) is 1.05.